The highest BCUT2D eigenvalue weighted by Crippen LogP contribution is 2.68. The van der Waals surface area contributed by atoms with Crippen LogP contribution in [0.15, 0.2) is 0 Å². The van der Waals surface area contributed by atoms with E-state index in [1.54, 1.807) is 0 Å². The van der Waals surface area contributed by atoms with Crippen molar-refractivity contribution in [3.8, 4) is 0 Å². The van der Waals surface area contributed by atoms with Gasteiger partial charge in [-0.15, -0.1) is 0 Å². The molecule has 0 spiro atoms. The average molecular weight is 332 g/mol. The van der Waals surface area contributed by atoms with Crippen molar-refractivity contribution in [3.05, 3.63) is 0 Å². The van der Waals surface area contributed by atoms with Gasteiger partial charge in [-0.3, -0.25) is 4.79 Å². The van der Waals surface area contributed by atoms with E-state index in [-0.39, 0.29) is 23.7 Å². The summed E-state index contributed by atoms with van der Waals surface area (Å²) in [4.78, 5) is 12.3. The Balaban J connectivity index is 1.43. The molecule has 0 aromatic heterocycles. The number of Topliss-reactive ketones (excluding diaryl/α,β-unsaturated/α-hetero) is 1. The fraction of sp³-hybridized carbons (Fsp3) is 0.952. The molecule has 1 N–H and O–H groups in total. The topological polar surface area (TPSA) is 49.8 Å². The lowest BCUT2D eigenvalue weighted by molar-refractivity contribution is -0.136. The molecule has 1 heterocycles. The van der Waals surface area contributed by atoms with Gasteiger partial charge in [-0.25, -0.2) is 0 Å². The molecule has 5 fully saturated rings. The van der Waals surface area contributed by atoms with Crippen LogP contribution in [0, 0.1) is 40.4 Å². The lowest BCUT2D eigenvalue weighted by Crippen LogP contribution is -2.54. The second kappa shape index (κ2) is 5.07. The summed E-state index contributed by atoms with van der Waals surface area (Å²) in [6, 6.07) is 0. The molecule has 3 heteroatoms. The number of carbonyl (C=O) groups excluding carboxylic acids is 1. The van der Waals surface area contributed by atoms with Crippen LogP contribution in [0.2, 0.25) is 0 Å². The second-order valence-corrected chi connectivity index (χ2v) is 10.1. The van der Waals surface area contributed by atoms with Gasteiger partial charge in [-0.2, -0.15) is 0 Å². The number of ether oxygens (including phenoxy) is 1. The molecule has 5 aliphatic rings. The van der Waals surface area contributed by atoms with Gasteiger partial charge in [-0.05, 0) is 85.9 Å². The predicted molar refractivity (Wildman–Crippen MR) is 91.4 cm³/mol. The molecule has 1 saturated heterocycles. The van der Waals surface area contributed by atoms with Crippen LogP contribution in [0.1, 0.15) is 65.2 Å². The minimum atomic E-state index is -0.263. The smallest absolute Gasteiger partial charge is 0.161 e. The van der Waals surface area contributed by atoms with Crippen LogP contribution in [0.5, 0.6) is 0 Å². The van der Waals surface area contributed by atoms with Crippen molar-refractivity contribution < 1.29 is 14.6 Å². The molecular formula is C21H32O3. The van der Waals surface area contributed by atoms with E-state index in [9.17, 15) is 9.90 Å². The van der Waals surface area contributed by atoms with Crippen LogP contribution in [0.4, 0.5) is 0 Å². The Hall–Kier alpha value is -0.410. The van der Waals surface area contributed by atoms with Crippen molar-refractivity contribution in [1.82, 2.24) is 0 Å². The van der Waals surface area contributed by atoms with Crippen molar-refractivity contribution in [2.24, 2.45) is 40.4 Å². The van der Waals surface area contributed by atoms with Crippen LogP contribution in [0.25, 0.3) is 0 Å². The van der Waals surface area contributed by atoms with Crippen molar-refractivity contribution >= 4 is 5.78 Å². The molecule has 3 unspecified atom stereocenters. The number of carbonyl (C=O) groups is 1. The quantitative estimate of drug-likeness (QED) is 0.786. The molecule has 9 atom stereocenters. The highest BCUT2D eigenvalue weighted by molar-refractivity contribution is 5.83. The highest BCUT2D eigenvalue weighted by Gasteiger charge is 2.64. The number of ketones is 1. The maximum atomic E-state index is 12.3. The van der Waals surface area contributed by atoms with Crippen molar-refractivity contribution in [3.63, 3.8) is 0 Å². The third-order valence-electron chi connectivity index (χ3n) is 9.46. The first-order valence-corrected chi connectivity index (χ1v) is 10.3. The fourth-order valence-corrected chi connectivity index (χ4v) is 8.16. The van der Waals surface area contributed by atoms with E-state index in [1.165, 1.54) is 44.9 Å². The number of aliphatic hydroxyl groups is 1. The van der Waals surface area contributed by atoms with Gasteiger partial charge in [0.25, 0.3) is 0 Å². The summed E-state index contributed by atoms with van der Waals surface area (Å²) in [6.07, 6.45) is 11.2. The van der Waals surface area contributed by atoms with Gasteiger partial charge < -0.3 is 9.84 Å². The van der Waals surface area contributed by atoms with Crippen LogP contribution >= 0.6 is 0 Å². The van der Waals surface area contributed by atoms with Crippen LogP contribution in [0.3, 0.4) is 0 Å². The molecule has 4 saturated carbocycles. The Bertz CT molecular complexity index is 559. The summed E-state index contributed by atoms with van der Waals surface area (Å²) in [6.45, 7) is 4.68. The third-order valence-corrected chi connectivity index (χ3v) is 9.46. The third kappa shape index (κ3) is 1.95. The van der Waals surface area contributed by atoms with Crippen LogP contribution in [-0.4, -0.2) is 29.7 Å². The molecular weight excluding hydrogens is 300 g/mol. The average Bonchev–Trinajstić information content (AvgIpc) is 3.20. The SMILES string of the molecule is C[C@]12CC[C@H]3[C@@H](CCC4CC5OC5C[C@@]43C)[C@@H]1CC[C@@H]2C(=O)CO. The molecule has 0 bridgehead atoms. The summed E-state index contributed by atoms with van der Waals surface area (Å²) in [5.41, 5.74) is 0.623. The van der Waals surface area contributed by atoms with Crippen molar-refractivity contribution in [2.75, 3.05) is 6.61 Å². The van der Waals surface area contributed by atoms with E-state index < -0.39 is 0 Å². The van der Waals surface area contributed by atoms with E-state index in [0.717, 1.165) is 24.2 Å². The first kappa shape index (κ1) is 15.8. The predicted octanol–water partition coefficient (Wildman–Crippen LogP) is 3.58. The molecule has 3 nitrogen and oxygen atoms in total. The Kier molecular flexibility index (Phi) is 3.34. The Morgan fingerprint density at radius 2 is 1.83 bits per heavy atom. The summed E-state index contributed by atoms with van der Waals surface area (Å²) in [5, 5.41) is 9.40. The van der Waals surface area contributed by atoms with E-state index >= 15 is 0 Å². The molecule has 4 aliphatic carbocycles. The monoisotopic (exact) mass is 332 g/mol. The molecule has 0 radical (unpaired) electrons. The van der Waals surface area contributed by atoms with Gasteiger partial charge in [0.1, 0.15) is 6.61 Å². The molecule has 24 heavy (non-hydrogen) atoms. The summed E-state index contributed by atoms with van der Waals surface area (Å²) >= 11 is 0. The van der Waals surface area contributed by atoms with Gasteiger partial charge in [0.2, 0.25) is 0 Å². The zero-order valence-electron chi connectivity index (χ0n) is 15.2. The molecule has 134 valence electrons. The van der Waals surface area contributed by atoms with Crippen LogP contribution < -0.4 is 0 Å². The number of epoxide rings is 1. The van der Waals surface area contributed by atoms with Gasteiger partial charge >= 0.3 is 0 Å². The van der Waals surface area contributed by atoms with Gasteiger partial charge in [0.15, 0.2) is 5.78 Å². The maximum absolute atomic E-state index is 12.3. The van der Waals surface area contributed by atoms with Crippen LogP contribution in [-0.2, 0) is 9.53 Å². The maximum Gasteiger partial charge on any atom is 0.161 e. The van der Waals surface area contributed by atoms with E-state index in [4.69, 9.17) is 4.74 Å². The van der Waals surface area contributed by atoms with Gasteiger partial charge in [0, 0.05) is 5.92 Å². The number of hydrogen-bond donors (Lipinski definition) is 1. The lowest BCUT2D eigenvalue weighted by Gasteiger charge is -2.59. The normalized spacial score (nSPS) is 58.2. The fourth-order valence-electron chi connectivity index (χ4n) is 8.16. The highest BCUT2D eigenvalue weighted by atomic mass is 16.6. The Morgan fingerprint density at radius 1 is 1.04 bits per heavy atom. The standard InChI is InChI=1S/C21H32O3/c1-20-8-7-15-13(14(20)5-6-16(20)17(23)11-22)4-3-12-9-18-19(24-18)10-21(12,15)2/h12-16,18-19,22H,3-11H2,1-2H3/t12?,13-,14-,15-,16+,18?,19?,20-,21-/m0/s1. The number of rotatable bonds is 2. The Labute approximate surface area is 145 Å². The largest absolute Gasteiger partial charge is 0.389 e. The van der Waals surface area contributed by atoms with Crippen molar-refractivity contribution in [2.45, 2.75) is 77.4 Å². The van der Waals surface area contributed by atoms with Gasteiger partial charge in [-0.1, -0.05) is 13.8 Å². The zero-order chi connectivity index (χ0) is 16.7. The molecule has 1 aliphatic heterocycles. The lowest BCUT2D eigenvalue weighted by atomic mass is 9.45. The number of fused-ring (bicyclic) bond motifs is 6. The summed E-state index contributed by atoms with van der Waals surface area (Å²) in [5.74, 6) is 3.42. The minimum absolute atomic E-state index is 0.102. The minimum Gasteiger partial charge on any atom is -0.389 e. The Morgan fingerprint density at radius 3 is 2.62 bits per heavy atom. The molecule has 0 aromatic carbocycles. The van der Waals surface area contributed by atoms with Gasteiger partial charge in [0.05, 0.1) is 12.2 Å². The summed E-state index contributed by atoms with van der Waals surface area (Å²) < 4.78 is 5.91. The molecule has 5 rings (SSSR count). The zero-order valence-corrected chi connectivity index (χ0v) is 15.2. The van der Waals surface area contributed by atoms with E-state index in [1.807, 2.05) is 0 Å². The van der Waals surface area contributed by atoms with E-state index in [0.29, 0.717) is 23.5 Å². The number of aliphatic hydroxyl groups excluding tert-OH is 1. The number of hydrogen-bond acceptors (Lipinski definition) is 3. The van der Waals surface area contributed by atoms with E-state index in [2.05, 4.69) is 13.8 Å². The molecule has 0 amide bonds. The second-order valence-electron chi connectivity index (χ2n) is 10.1. The first-order chi connectivity index (χ1) is 11.5. The first-order valence-electron chi connectivity index (χ1n) is 10.3. The van der Waals surface area contributed by atoms with Crippen molar-refractivity contribution in [1.29, 1.82) is 0 Å². The summed E-state index contributed by atoms with van der Waals surface area (Å²) in [7, 11) is 0. The molecule has 0 aromatic rings.